The van der Waals surface area contributed by atoms with Crippen LogP contribution in [0.25, 0.3) is 0 Å². The fourth-order valence-corrected chi connectivity index (χ4v) is 4.86. The Morgan fingerprint density at radius 1 is 1.07 bits per heavy atom. The standard InChI is InChI=1S/C26H28O4/c1-6-8-22-25(3,4)20-14-11-18(23(27)28)16-21(20)26(22,5)19-12-9-17(10-13-19)24(29)30-15-7-2/h6-14,16,22H,2,15H2,1,3-5H3,(H,27,28). The monoisotopic (exact) mass is 404 g/mol. The van der Waals surface area contributed by atoms with Gasteiger partial charge in [0.05, 0.1) is 11.1 Å². The zero-order valence-electron chi connectivity index (χ0n) is 17.9. The van der Waals surface area contributed by atoms with E-state index in [1.54, 1.807) is 24.3 Å². The zero-order chi connectivity index (χ0) is 22.1. The van der Waals surface area contributed by atoms with Crippen molar-refractivity contribution in [3.63, 3.8) is 0 Å². The van der Waals surface area contributed by atoms with Crippen LogP contribution in [0, 0.1) is 5.92 Å². The first-order chi connectivity index (χ1) is 14.2. The number of carbonyl (C=O) groups is 2. The van der Waals surface area contributed by atoms with Crippen molar-refractivity contribution in [1.82, 2.24) is 0 Å². The zero-order valence-corrected chi connectivity index (χ0v) is 17.9. The molecule has 0 spiro atoms. The predicted molar refractivity (Wildman–Crippen MR) is 118 cm³/mol. The first-order valence-electron chi connectivity index (χ1n) is 10.1. The quantitative estimate of drug-likeness (QED) is 0.509. The maximum absolute atomic E-state index is 12.2. The summed E-state index contributed by atoms with van der Waals surface area (Å²) in [5.74, 6) is -1.21. The van der Waals surface area contributed by atoms with E-state index in [2.05, 4.69) is 39.5 Å². The maximum Gasteiger partial charge on any atom is 0.338 e. The highest BCUT2D eigenvalue weighted by atomic mass is 16.5. The molecule has 1 N–H and O–H groups in total. The van der Waals surface area contributed by atoms with Crippen molar-refractivity contribution < 1.29 is 19.4 Å². The van der Waals surface area contributed by atoms with E-state index in [4.69, 9.17) is 4.74 Å². The van der Waals surface area contributed by atoms with Gasteiger partial charge in [0, 0.05) is 5.41 Å². The van der Waals surface area contributed by atoms with Crippen LogP contribution in [0.2, 0.25) is 0 Å². The lowest BCUT2D eigenvalue weighted by atomic mass is 9.65. The lowest BCUT2D eigenvalue weighted by molar-refractivity contribution is 0.0549. The van der Waals surface area contributed by atoms with Gasteiger partial charge in [-0.3, -0.25) is 0 Å². The second-order valence-electron chi connectivity index (χ2n) is 8.46. The summed E-state index contributed by atoms with van der Waals surface area (Å²) in [6.45, 7) is 12.3. The molecule has 30 heavy (non-hydrogen) atoms. The number of hydrogen-bond acceptors (Lipinski definition) is 3. The number of esters is 1. The summed E-state index contributed by atoms with van der Waals surface area (Å²) < 4.78 is 5.13. The van der Waals surface area contributed by atoms with Gasteiger partial charge in [0.15, 0.2) is 0 Å². The summed E-state index contributed by atoms with van der Waals surface area (Å²) in [6, 6.07) is 12.9. The Labute approximate surface area is 177 Å². The largest absolute Gasteiger partial charge is 0.478 e. The van der Waals surface area contributed by atoms with E-state index in [1.807, 2.05) is 25.1 Å². The molecule has 0 radical (unpaired) electrons. The van der Waals surface area contributed by atoms with Crippen molar-refractivity contribution in [3.05, 3.63) is 95.1 Å². The molecule has 2 aromatic carbocycles. The van der Waals surface area contributed by atoms with E-state index in [-0.39, 0.29) is 23.5 Å². The van der Waals surface area contributed by atoms with Crippen LogP contribution in [0.3, 0.4) is 0 Å². The molecule has 4 nitrogen and oxygen atoms in total. The molecule has 0 fully saturated rings. The summed E-state index contributed by atoms with van der Waals surface area (Å²) in [7, 11) is 0. The van der Waals surface area contributed by atoms with Gasteiger partial charge < -0.3 is 9.84 Å². The molecule has 0 saturated heterocycles. The Kier molecular flexibility index (Phi) is 5.71. The molecule has 0 aliphatic heterocycles. The number of carboxylic acids is 1. The minimum absolute atomic E-state index is 0.118. The minimum atomic E-state index is -0.937. The van der Waals surface area contributed by atoms with Gasteiger partial charge in [0.25, 0.3) is 0 Å². The second-order valence-corrected chi connectivity index (χ2v) is 8.46. The SMILES string of the molecule is C=CCOC(=O)c1ccc(C2(C)c3cc(C(=O)O)ccc3C(C)(C)C2C=CC)cc1. The van der Waals surface area contributed by atoms with Gasteiger partial charge >= 0.3 is 11.9 Å². The third-order valence-corrected chi connectivity index (χ3v) is 6.36. The van der Waals surface area contributed by atoms with Crippen LogP contribution in [0.15, 0.2) is 67.3 Å². The van der Waals surface area contributed by atoms with Gasteiger partial charge in [-0.2, -0.15) is 0 Å². The van der Waals surface area contributed by atoms with E-state index in [1.165, 1.54) is 6.08 Å². The van der Waals surface area contributed by atoms with Gasteiger partial charge in [0.2, 0.25) is 0 Å². The van der Waals surface area contributed by atoms with Crippen LogP contribution in [-0.4, -0.2) is 23.7 Å². The third kappa shape index (κ3) is 3.36. The molecule has 3 rings (SSSR count). The summed E-state index contributed by atoms with van der Waals surface area (Å²) >= 11 is 0. The molecule has 2 unspecified atom stereocenters. The van der Waals surface area contributed by atoms with E-state index < -0.39 is 17.4 Å². The molecular formula is C26H28O4. The number of fused-ring (bicyclic) bond motifs is 1. The molecule has 156 valence electrons. The van der Waals surface area contributed by atoms with Crippen LogP contribution in [0.5, 0.6) is 0 Å². The normalized spacial score (nSPS) is 21.9. The number of hydrogen-bond donors (Lipinski definition) is 1. The molecule has 2 aromatic rings. The molecule has 1 aliphatic carbocycles. The average molecular weight is 405 g/mol. The number of carbonyl (C=O) groups excluding carboxylic acids is 1. The van der Waals surface area contributed by atoms with E-state index >= 15 is 0 Å². The molecule has 0 saturated carbocycles. The number of benzene rings is 2. The molecule has 2 atom stereocenters. The van der Waals surface area contributed by atoms with Crippen molar-refractivity contribution >= 4 is 11.9 Å². The number of rotatable bonds is 6. The number of allylic oxidation sites excluding steroid dienone is 2. The average Bonchev–Trinajstić information content (AvgIpc) is 2.91. The van der Waals surface area contributed by atoms with Gasteiger partial charge in [0.1, 0.15) is 6.61 Å². The molecular weight excluding hydrogens is 376 g/mol. The van der Waals surface area contributed by atoms with E-state index in [9.17, 15) is 14.7 Å². The highest BCUT2D eigenvalue weighted by molar-refractivity contribution is 5.90. The number of carboxylic acid groups (broad SMARTS) is 1. The van der Waals surface area contributed by atoms with Crippen LogP contribution < -0.4 is 0 Å². The summed E-state index contributed by atoms with van der Waals surface area (Å²) in [5, 5.41) is 9.55. The first-order valence-corrected chi connectivity index (χ1v) is 10.1. The Morgan fingerprint density at radius 3 is 2.27 bits per heavy atom. The predicted octanol–water partition coefficient (Wildman–Crippen LogP) is 5.52. The van der Waals surface area contributed by atoms with Gasteiger partial charge in [-0.15, -0.1) is 0 Å². The van der Waals surface area contributed by atoms with Crippen LogP contribution in [-0.2, 0) is 15.6 Å². The Bertz CT molecular complexity index is 1010. The summed E-state index contributed by atoms with van der Waals surface area (Å²) in [6.07, 6.45) is 5.79. The van der Waals surface area contributed by atoms with Crippen molar-refractivity contribution in [2.45, 2.75) is 38.5 Å². The molecule has 0 aromatic heterocycles. The minimum Gasteiger partial charge on any atom is -0.478 e. The lowest BCUT2D eigenvalue weighted by Crippen LogP contribution is -2.35. The molecule has 1 aliphatic rings. The van der Waals surface area contributed by atoms with Crippen molar-refractivity contribution in [2.75, 3.05) is 6.61 Å². The van der Waals surface area contributed by atoms with Gasteiger partial charge in [-0.1, -0.05) is 63.8 Å². The van der Waals surface area contributed by atoms with E-state index in [0.29, 0.717) is 5.56 Å². The Morgan fingerprint density at radius 2 is 1.70 bits per heavy atom. The maximum atomic E-state index is 12.2. The van der Waals surface area contributed by atoms with Gasteiger partial charge in [-0.25, -0.2) is 9.59 Å². The topological polar surface area (TPSA) is 63.6 Å². The molecule has 0 bridgehead atoms. The van der Waals surface area contributed by atoms with Crippen molar-refractivity contribution in [1.29, 1.82) is 0 Å². The van der Waals surface area contributed by atoms with Crippen LogP contribution in [0.4, 0.5) is 0 Å². The smallest absolute Gasteiger partial charge is 0.338 e. The number of ether oxygens (including phenoxy) is 1. The fraction of sp³-hybridized carbons (Fsp3) is 0.308. The highest BCUT2D eigenvalue weighted by Crippen LogP contribution is 2.57. The van der Waals surface area contributed by atoms with Crippen LogP contribution in [0.1, 0.15) is 65.1 Å². The highest BCUT2D eigenvalue weighted by Gasteiger charge is 2.53. The molecule has 0 heterocycles. The van der Waals surface area contributed by atoms with Crippen molar-refractivity contribution in [3.8, 4) is 0 Å². The molecule has 0 amide bonds. The summed E-state index contributed by atoms with van der Waals surface area (Å²) in [4.78, 5) is 23.8. The fourth-order valence-electron chi connectivity index (χ4n) is 4.86. The second kappa shape index (κ2) is 7.94. The van der Waals surface area contributed by atoms with Crippen LogP contribution >= 0.6 is 0 Å². The lowest BCUT2D eigenvalue weighted by Gasteiger charge is -2.37. The van der Waals surface area contributed by atoms with Crippen molar-refractivity contribution in [2.24, 2.45) is 5.92 Å². The molecule has 4 heteroatoms. The third-order valence-electron chi connectivity index (χ3n) is 6.36. The Hall–Kier alpha value is -3.14. The Balaban J connectivity index is 2.16. The summed E-state index contributed by atoms with van der Waals surface area (Å²) in [5.41, 5.74) is 3.31. The van der Waals surface area contributed by atoms with E-state index in [0.717, 1.165) is 16.7 Å². The number of aromatic carboxylic acids is 1. The van der Waals surface area contributed by atoms with Gasteiger partial charge in [-0.05, 0) is 59.2 Å². The first kappa shape index (κ1) is 21.6.